The van der Waals surface area contributed by atoms with Crippen LogP contribution in [0.25, 0.3) is 0 Å². The fraction of sp³-hybridized carbons (Fsp3) is 0.368. The first-order valence-electron chi connectivity index (χ1n) is 8.63. The molecule has 2 atom stereocenters. The van der Waals surface area contributed by atoms with E-state index in [4.69, 9.17) is 0 Å². The Hall–Kier alpha value is -2.80. The Balaban J connectivity index is 1.63. The van der Waals surface area contributed by atoms with Crippen LogP contribution >= 0.6 is 0 Å². The van der Waals surface area contributed by atoms with Gasteiger partial charge in [0.05, 0.1) is 17.5 Å². The highest BCUT2D eigenvalue weighted by atomic mass is 16.4. The topological polar surface area (TPSA) is 95.4 Å². The second kappa shape index (κ2) is 8.53. The number of carboxylic acid groups (broad SMARTS) is 1. The molecule has 7 heteroatoms. The first-order valence-corrected chi connectivity index (χ1v) is 8.63. The largest absolute Gasteiger partial charge is 0.481 e. The van der Waals surface area contributed by atoms with E-state index in [1.165, 1.54) is 0 Å². The molecule has 0 aromatic carbocycles. The summed E-state index contributed by atoms with van der Waals surface area (Å²) in [6.07, 6.45) is 5.43. The Labute approximate surface area is 152 Å². The van der Waals surface area contributed by atoms with Crippen molar-refractivity contribution in [2.24, 2.45) is 11.8 Å². The van der Waals surface area contributed by atoms with Crippen molar-refractivity contribution < 1.29 is 14.7 Å². The monoisotopic (exact) mass is 354 g/mol. The fourth-order valence-electron chi connectivity index (χ4n) is 3.24. The van der Waals surface area contributed by atoms with Crippen molar-refractivity contribution in [1.82, 2.24) is 20.2 Å². The maximum absolute atomic E-state index is 12.6. The summed E-state index contributed by atoms with van der Waals surface area (Å²) in [5, 5.41) is 12.4. The van der Waals surface area contributed by atoms with E-state index in [0.717, 1.165) is 11.3 Å². The summed E-state index contributed by atoms with van der Waals surface area (Å²) >= 11 is 0. The quantitative estimate of drug-likeness (QED) is 0.812. The number of carbonyl (C=O) groups excluding carboxylic acids is 1. The van der Waals surface area contributed by atoms with Crippen molar-refractivity contribution in [3.05, 3.63) is 60.2 Å². The third-order valence-corrected chi connectivity index (χ3v) is 4.57. The number of amides is 1. The Morgan fingerprint density at radius 1 is 1.12 bits per heavy atom. The predicted octanol–water partition coefficient (Wildman–Crippen LogP) is 1.32. The number of hydrogen-bond donors (Lipinski definition) is 2. The minimum absolute atomic E-state index is 0.112. The van der Waals surface area contributed by atoms with E-state index < -0.39 is 11.9 Å². The molecule has 1 amide bonds. The lowest BCUT2D eigenvalue weighted by Gasteiger charge is -2.35. The minimum atomic E-state index is -0.859. The number of aliphatic carboxylic acids is 1. The van der Waals surface area contributed by atoms with E-state index in [0.29, 0.717) is 32.6 Å². The summed E-state index contributed by atoms with van der Waals surface area (Å²) in [5.41, 5.74) is 1.83. The Kier molecular flexibility index (Phi) is 5.91. The van der Waals surface area contributed by atoms with Crippen molar-refractivity contribution in [3.8, 4) is 0 Å². The maximum atomic E-state index is 12.6. The molecule has 0 radical (unpaired) electrons. The number of pyridine rings is 2. The maximum Gasteiger partial charge on any atom is 0.307 e. The van der Waals surface area contributed by atoms with Gasteiger partial charge < -0.3 is 10.4 Å². The molecule has 3 heterocycles. The molecule has 136 valence electrons. The normalized spacial score (nSPS) is 20.5. The molecule has 26 heavy (non-hydrogen) atoms. The average molecular weight is 354 g/mol. The van der Waals surface area contributed by atoms with Crippen molar-refractivity contribution >= 4 is 11.9 Å². The molecule has 0 unspecified atom stereocenters. The molecule has 0 spiro atoms. The van der Waals surface area contributed by atoms with Gasteiger partial charge in [0.1, 0.15) is 0 Å². The van der Waals surface area contributed by atoms with Crippen molar-refractivity contribution in [2.45, 2.75) is 19.5 Å². The van der Waals surface area contributed by atoms with Crippen LogP contribution in [0.2, 0.25) is 0 Å². The highest BCUT2D eigenvalue weighted by molar-refractivity contribution is 5.80. The van der Waals surface area contributed by atoms with E-state index in [1.807, 2.05) is 35.2 Å². The molecule has 1 aliphatic heterocycles. The first-order chi connectivity index (χ1) is 12.6. The molecule has 0 saturated carbocycles. The van der Waals surface area contributed by atoms with Crippen LogP contribution in [0.5, 0.6) is 0 Å². The fourth-order valence-corrected chi connectivity index (χ4v) is 3.24. The van der Waals surface area contributed by atoms with Gasteiger partial charge in [-0.2, -0.15) is 0 Å². The molecule has 0 aliphatic carbocycles. The van der Waals surface area contributed by atoms with Gasteiger partial charge in [0.25, 0.3) is 0 Å². The lowest BCUT2D eigenvalue weighted by molar-refractivity contribution is -0.145. The molecular formula is C19H22N4O3. The number of nitrogens with one attached hydrogen (secondary N) is 1. The van der Waals surface area contributed by atoms with Gasteiger partial charge in [0.2, 0.25) is 5.91 Å². The zero-order chi connectivity index (χ0) is 18.4. The highest BCUT2D eigenvalue weighted by Gasteiger charge is 2.35. The predicted molar refractivity (Wildman–Crippen MR) is 94.8 cm³/mol. The van der Waals surface area contributed by atoms with Crippen LogP contribution in [0.3, 0.4) is 0 Å². The molecule has 2 aromatic rings. The van der Waals surface area contributed by atoms with Gasteiger partial charge in [-0.15, -0.1) is 0 Å². The first kappa shape index (κ1) is 18.0. The summed E-state index contributed by atoms with van der Waals surface area (Å²) in [6.45, 7) is 1.91. The van der Waals surface area contributed by atoms with Crippen molar-refractivity contribution in [3.63, 3.8) is 0 Å². The number of piperidine rings is 1. The number of carbonyl (C=O) groups is 2. The minimum Gasteiger partial charge on any atom is -0.481 e. The van der Waals surface area contributed by atoms with Gasteiger partial charge in [-0.1, -0.05) is 6.07 Å². The third-order valence-electron chi connectivity index (χ3n) is 4.57. The van der Waals surface area contributed by atoms with E-state index in [9.17, 15) is 14.7 Å². The number of hydrogen-bond acceptors (Lipinski definition) is 5. The van der Waals surface area contributed by atoms with Gasteiger partial charge in [0, 0.05) is 44.8 Å². The zero-order valence-electron chi connectivity index (χ0n) is 14.4. The number of aromatic nitrogens is 2. The van der Waals surface area contributed by atoms with Crippen LogP contribution in [-0.4, -0.2) is 44.9 Å². The van der Waals surface area contributed by atoms with Crippen LogP contribution in [0.4, 0.5) is 0 Å². The standard InChI is InChI=1S/C19H22N4O3/c24-18(22-10-14-4-7-20-8-5-14)15-9-16(19(25)26)12-23(11-15)13-17-3-1-2-6-21-17/h1-8,15-16H,9-13H2,(H,22,24)(H,25,26)/t15-,16+/m1/s1. The third kappa shape index (κ3) is 4.86. The second-order valence-electron chi connectivity index (χ2n) is 6.56. The molecule has 2 aromatic heterocycles. The van der Waals surface area contributed by atoms with Gasteiger partial charge in [-0.3, -0.25) is 24.5 Å². The Morgan fingerprint density at radius 2 is 1.88 bits per heavy atom. The van der Waals surface area contributed by atoms with E-state index in [-0.39, 0.29) is 11.8 Å². The Bertz CT molecular complexity index is 739. The highest BCUT2D eigenvalue weighted by Crippen LogP contribution is 2.24. The summed E-state index contributed by atoms with van der Waals surface area (Å²) < 4.78 is 0. The Morgan fingerprint density at radius 3 is 2.58 bits per heavy atom. The average Bonchev–Trinajstić information content (AvgIpc) is 2.67. The zero-order valence-corrected chi connectivity index (χ0v) is 14.4. The van der Waals surface area contributed by atoms with Crippen LogP contribution < -0.4 is 5.32 Å². The lowest BCUT2D eigenvalue weighted by Crippen LogP contribution is -2.47. The number of rotatable bonds is 6. The van der Waals surface area contributed by atoms with Crippen LogP contribution in [0.1, 0.15) is 17.7 Å². The summed E-state index contributed by atoms with van der Waals surface area (Å²) in [7, 11) is 0. The molecule has 2 N–H and O–H groups in total. The molecule has 1 saturated heterocycles. The lowest BCUT2D eigenvalue weighted by atomic mass is 9.88. The van der Waals surface area contributed by atoms with Crippen LogP contribution in [-0.2, 0) is 22.7 Å². The summed E-state index contributed by atoms with van der Waals surface area (Å²) in [4.78, 5) is 34.3. The van der Waals surface area contributed by atoms with Gasteiger partial charge in [0.15, 0.2) is 0 Å². The second-order valence-corrected chi connectivity index (χ2v) is 6.56. The van der Waals surface area contributed by atoms with Crippen LogP contribution in [0.15, 0.2) is 48.9 Å². The smallest absolute Gasteiger partial charge is 0.307 e. The van der Waals surface area contributed by atoms with Crippen molar-refractivity contribution in [2.75, 3.05) is 13.1 Å². The molecular weight excluding hydrogens is 332 g/mol. The van der Waals surface area contributed by atoms with Gasteiger partial charge in [-0.25, -0.2) is 0 Å². The summed E-state index contributed by atoms with van der Waals surface area (Å²) in [5.74, 6) is -1.87. The molecule has 0 bridgehead atoms. The van der Waals surface area contributed by atoms with Gasteiger partial charge in [-0.05, 0) is 36.2 Å². The summed E-state index contributed by atoms with van der Waals surface area (Å²) in [6, 6.07) is 9.33. The van der Waals surface area contributed by atoms with Crippen molar-refractivity contribution in [1.29, 1.82) is 0 Å². The molecule has 3 rings (SSSR count). The molecule has 1 fully saturated rings. The number of nitrogens with zero attached hydrogens (tertiary/aromatic N) is 3. The number of likely N-dealkylation sites (tertiary alicyclic amines) is 1. The van der Waals surface area contributed by atoms with E-state index in [2.05, 4.69) is 15.3 Å². The number of carboxylic acids is 1. The SMILES string of the molecule is O=C(O)[C@H]1C[C@@H](C(=O)NCc2ccncc2)CN(Cc2ccccn2)C1. The molecule has 1 aliphatic rings. The van der Waals surface area contributed by atoms with Crippen LogP contribution in [0, 0.1) is 11.8 Å². The van der Waals surface area contributed by atoms with E-state index in [1.54, 1.807) is 18.6 Å². The van der Waals surface area contributed by atoms with E-state index >= 15 is 0 Å². The van der Waals surface area contributed by atoms with Gasteiger partial charge >= 0.3 is 5.97 Å². The molecule has 7 nitrogen and oxygen atoms in total.